The van der Waals surface area contributed by atoms with Gasteiger partial charge in [0.15, 0.2) is 26.0 Å². The molecule has 0 amide bonds. The van der Waals surface area contributed by atoms with Gasteiger partial charge in [-0.05, 0) is 34.5 Å². The Labute approximate surface area is 179 Å². The summed E-state index contributed by atoms with van der Waals surface area (Å²) in [6, 6.07) is 18.7. The number of benzene rings is 3. The van der Waals surface area contributed by atoms with Crippen LogP contribution in [0.1, 0.15) is 15.9 Å². The molecule has 29 heavy (non-hydrogen) atoms. The van der Waals surface area contributed by atoms with Crippen LogP contribution in [0.5, 0.6) is 11.5 Å². The third-order valence-corrected chi connectivity index (χ3v) is 7.48. The molecule has 0 aliphatic heterocycles. The molecule has 0 atom stereocenters. The molecule has 0 bridgehead atoms. The van der Waals surface area contributed by atoms with Crippen LogP contribution in [0.3, 0.4) is 0 Å². The van der Waals surface area contributed by atoms with Gasteiger partial charge in [-0.2, -0.15) is 0 Å². The van der Waals surface area contributed by atoms with E-state index in [4.69, 9.17) is 0 Å². The number of phenolic OH excluding ortho intramolecular Hbond substituents is 2. The van der Waals surface area contributed by atoms with Crippen molar-refractivity contribution >= 4 is 51.4 Å². The highest BCUT2D eigenvalue weighted by molar-refractivity contribution is 8.03. The average molecular weight is 441 g/mol. The molecule has 0 spiro atoms. The SMILES string of the molecule is O=C(CSc1nnc(SCc2cccc3ccccc23)s1)c1ccc(O)c(O)c1. The Kier molecular flexibility index (Phi) is 6.03. The fourth-order valence-electron chi connectivity index (χ4n) is 2.78. The molecule has 3 aromatic carbocycles. The van der Waals surface area contributed by atoms with E-state index in [1.54, 1.807) is 11.8 Å². The first-order valence-electron chi connectivity index (χ1n) is 8.71. The van der Waals surface area contributed by atoms with Gasteiger partial charge < -0.3 is 10.2 Å². The van der Waals surface area contributed by atoms with Crippen molar-refractivity contribution < 1.29 is 15.0 Å². The van der Waals surface area contributed by atoms with Crippen LogP contribution in [0.15, 0.2) is 69.3 Å². The number of hydrogen-bond acceptors (Lipinski definition) is 8. The number of rotatable bonds is 7. The van der Waals surface area contributed by atoms with Crippen molar-refractivity contribution in [1.82, 2.24) is 10.2 Å². The first kappa shape index (κ1) is 19.8. The fourth-order valence-corrected chi connectivity index (χ4v) is 5.70. The molecule has 0 fully saturated rings. The molecule has 0 unspecified atom stereocenters. The Morgan fingerprint density at radius 1 is 0.897 bits per heavy atom. The maximum atomic E-state index is 12.3. The van der Waals surface area contributed by atoms with Gasteiger partial charge in [-0.15, -0.1) is 10.2 Å². The Hall–Kier alpha value is -2.55. The van der Waals surface area contributed by atoms with Crippen molar-refractivity contribution in [3.8, 4) is 11.5 Å². The number of hydrogen-bond donors (Lipinski definition) is 2. The molecule has 0 aliphatic carbocycles. The number of Topliss-reactive ketones (excluding diaryl/α,β-unsaturated/α-hetero) is 1. The highest BCUT2D eigenvalue weighted by Gasteiger charge is 2.12. The lowest BCUT2D eigenvalue weighted by molar-refractivity contribution is 0.102. The summed E-state index contributed by atoms with van der Waals surface area (Å²) in [7, 11) is 0. The van der Waals surface area contributed by atoms with Gasteiger partial charge >= 0.3 is 0 Å². The summed E-state index contributed by atoms with van der Waals surface area (Å²) < 4.78 is 1.58. The third kappa shape index (κ3) is 4.72. The van der Waals surface area contributed by atoms with Gasteiger partial charge in [-0.1, -0.05) is 77.3 Å². The second kappa shape index (κ2) is 8.86. The van der Waals surface area contributed by atoms with E-state index in [0.717, 1.165) is 14.4 Å². The van der Waals surface area contributed by atoms with Crippen LogP contribution in [0.4, 0.5) is 0 Å². The van der Waals surface area contributed by atoms with Crippen molar-refractivity contribution in [2.24, 2.45) is 0 Å². The quantitative estimate of drug-likeness (QED) is 0.227. The molecule has 2 N–H and O–H groups in total. The largest absolute Gasteiger partial charge is 0.504 e. The van der Waals surface area contributed by atoms with Gasteiger partial charge in [0.05, 0.1) is 5.75 Å². The van der Waals surface area contributed by atoms with Crippen molar-refractivity contribution in [2.45, 2.75) is 14.4 Å². The molecule has 4 aromatic rings. The summed E-state index contributed by atoms with van der Waals surface area (Å²) in [6.45, 7) is 0. The molecule has 0 aliphatic rings. The number of fused-ring (bicyclic) bond motifs is 1. The topological polar surface area (TPSA) is 83.3 Å². The highest BCUT2D eigenvalue weighted by Crippen LogP contribution is 2.33. The Morgan fingerprint density at radius 3 is 2.48 bits per heavy atom. The standard InChI is InChI=1S/C21H16N2O3S3/c24-17-9-8-14(10-18(17)25)19(26)12-28-21-23-22-20(29-21)27-11-15-6-3-5-13-4-1-2-7-16(13)15/h1-10,24-25H,11-12H2. The van der Waals surface area contributed by atoms with Gasteiger partial charge in [-0.3, -0.25) is 4.79 Å². The van der Waals surface area contributed by atoms with Crippen molar-refractivity contribution in [3.63, 3.8) is 0 Å². The molecule has 1 aromatic heterocycles. The van der Waals surface area contributed by atoms with Gasteiger partial charge in [0.2, 0.25) is 0 Å². The summed E-state index contributed by atoms with van der Waals surface area (Å²) in [5.41, 5.74) is 1.60. The average Bonchev–Trinajstić information content (AvgIpc) is 3.20. The summed E-state index contributed by atoms with van der Waals surface area (Å²) in [4.78, 5) is 12.3. The summed E-state index contributed by atoms with van der Waals surface area (Å²) in [6.07, 6.45) is 0. The molecule has 0 saturated heterocycles. The number of nitrogens with zero attached hydrogens (tertiary/aromatic N) is 2. The van der Waals surface area contributed by atoms with Crippen molar-refractivity contribution in [2.75, 3.05) is 5.75 Å². The molecule has 146 valence electrons. The Balaban J connectivity index is 1.36. The lowest BCUT2D eigenvalue weighted by Crippen LogP contribution is -2.01. The highest BCUT2D eigenvalue weighted by atomic mass is 32.2. The molecule has 5 nitrogen and oxygen atoms in total. The van der Waals surface area contributed by atoms with Crippen LogP contribution in [0.25, 0.3) is 10.8 Å². The van der Waals surface area contributed by atoms with E-state index in [-0.39, 0.29) is 23.0 Å². The molecule has 4 rings (SSSR count). The zero-order valence-corrected chi connectivity index (χ0v) is 17.6. The predicted octanol–water partition coefficient (Wildman–Crippen LogP) is 5.37. The van der Waals surface area contributed by atoms with Crippen molar-refractivity contribution in [1.29, 1.82) is 0 Å². The van der Waals surface area contributed by atoms with Crippen LogP contribution in [-0.4, -0.2) is 31.9 Å². The third-order valence-electron chi connectivity index (χ3n) is 4.24. The maximum Gasteiger partial charge on any atom is 0.175 e. The smallest absolute Gasteiger partial charge is 0.175 e. The van der Waals surface area contributed by atoms with Crippen LogP contribution in [0, 0.1) is 0 Å². The Bertz CT molecular complexity index is 1170. The molecular weight excluding hydrogens is 424 g/mol. The molecular formula is C21H16N2O3S3. The molecule has 0 radical (unpaired) electrons. The minimum Gasteiger partial charge on any atom is -0.504 e. The zero-order chi connectivity index (χ0) is 20.2. The van der Waals surface area contributed by atoms with Crippen LogP contribution in [0.2, 0.25) is 0 Å². The summed E-state index contributed by atoms with van der Waals surface area (Å²) >= 11 is 4.41. The lowest BCUT2D eigenvalue weighted by atomic mass is 10.1. The first-order chi connectivity index (χ1) is 14.1. The van der Waals surface area contributed by atoms with E-state index in [9.17, 15) is 15.0 Å². The monoisotopic (exact) mass is 440 g/mol. The maximum absolute atomic E-state index is 12.3. The van der Waals surface area contributed by atoms with E-state index >= 15 is 0 Å². The summed E-state index contributed by atoms with van der Waals surface area (Å²) in [5.74, 6) is 0.291. The summed E-state index contributed by atoms with van der Waals surface area (Å²) in [5, 5.41) is 29.7. The number of thioether (sulfide) groups is 2. The van der Waals surface area contributed by atoms with Gasteiger partial charge in [-0.25, -0.2) is 0 Å². The minimum atomic E-state index is -0.302. The van der Waals surface area contributed by atoms with Gasteiger partial charge in [0, 0.05) is 11.3 Å². The number of carbonyl (C=O) groups is 1. The number of aromatic hydroxyl groups is 2. The van der Waals surface area contributed by atoms with E-state index in [1.165, 1.54) is 57.6 Å². The number of phenols is 2. The van der Waals surface area contributed by atoms with Gasteiger partial charge in [0.1, 0.15) is 0 Å². The van der Waals surface area contributed by atoms with Crippen LogP contribution >= 0.6 is 34.9 Å². The minimum absolute atomic E-state index is 0.148. The van der Waals surface area contributed by atoms with Crippen molar-refractivity contribution in [3.05, 3.63) is 71.8 Å². The molecule has 8 heteroatoms. The van der Waals surface area contributed by atoms with Crippen LogP contribution < -0.4 is 0 Å². The lowest BCUT2D eigenvalue weighted by Gasteiger charge is -2.04. The van der Waals surface area contributed by atoms with Crippen LogP contribution in [-0.2, 0) is 5.75 Å². The number of carbonyl (C=O) groups excluding carboxylic acids is 1. The fraction of sp³-hybridized carbons (Fsp3) is 0.0952. The molecule has 0 saturated carbocycles. The van der Waals surface area contributed by atoms with E-state index in [1.807, 2.05) is 12.1 Å². The predicted molar refractivity (Wildman–Crippen MR) is 118 cm³/mol. The van der Waals surface area contributed by atoms with Gasteiger partial charge in [0.25, 0.3) is 0 Å². The second-order valence-electron chi connectivity index (χ2n) is 6.18. The zero-order valence-electron chi connectivity index (χ0n) is 15.1. The number of ketones is 1. The Morgan fingerprint density at radius 2 is 1.66 bits per heavy atom. The first-order valence-corrected chi connectivity index (χ1v) is 11.5. The normalized spacial score (nSPS) is 11.0. The van der Waals surface area contributed by atoms with E-state index in [0.29, 0.717) is 5.56 Å². The molecule has 1 heterocycles. The number of aromatic nitrogens is 2. The van der Waals surface area contributed by atoms with E-state index < -0.39 is 0 Å². The second-order valence-corrected chi connectivity index (χ2v) is 9.60. The van der Waals surface area contributed by atoms with E-state index in [2.05, 4.69) is 40.5 Å².